The largest absolute Gasteiger partial charge is 0.504 e. The highest BCUT2D eigenvalue weighted by atomic mass is 79.9. The van der Waals surface area contributed by atoms with Crippen molar-refractivity contribution in [3.05, 3.63) is 22.2 Å². The van der Waals surface area contributed by atoms with E-state index in [4.69, 9.17) is 9.47 Å². The Kier molecular flexibility index (Phi) is 3.68. The fourth-order valence-electron chi connectivity index (χ4n) is 1.76. The SMILES string of the molecule is COc1cc(Br)c(C2COCCN2)cc1O. The summed E-state index contributed by atoms with van der Waals surface area (Å²) in [6.45, 7) is 2.17. The van der Waals surface area contributed by atoms with Crippen LogP contribution in [0.2, 0.25) is 0 Å². The summed E-state index contributed by atoms with van der Waals surface area (Å²) < 4.78 is 11.3. The maximum Gasteiger partial charge on any atom is 0.161 e. The number of ether oxygens (including phenoxy) is 2. The molecule has 0 amide bonds. The van der Waals surface area contributed by atoms with Crippen molar-refractivity contribution >= 4 is 15.9 Å². The van der Waals surface area contributed by atoms with Crippen LogP contribution in [0, 0.1) is 0 Å². The first-order valence-electron chi connectivity index (χ1n) is 5.10. The van der Waals surface area contributed by atoms with Gasteiger partial charge in [0.25, 0.3) is 0 Å². The summed E-state index contributed by atoms with van der Waals surface area (Å²) in [6.07, 6.45) is 0. The molecular weight excluding hydrogens is 274 g/mol. The van der Waals surface area contributed by atoms with Gasteiger partial charge in [-0.2, -0.15) is 0 Å². The molecule has 1 heterocycles. The van der Waals surface area contributed by atoms with Gasteiger partial charge in [-0.3, -0.25) is 0 Å². The van der Waals surface area contributed by atoms with E-state index < -0.39 is 0 Å². The summed E-state index contributed by atoms with van der Waals surface area (Å²) in [7, 11) is 1.53. The maximum atomic E-state index is 9.73. The van der Waals surface area contributed by atoms with E-state index in [1.54, 1.807) is 12.1 Å². The number of phenols is 1. The molecule has 0 aromatic heterocycles. The van der Waals surface area contributed by atoms with Crippen molar-refractivity contribution in [2.24, 2.45) is 0 Å². The van der Waals surface area contributed by atoms with Crippen molar-refractivity contribution in [3.63, 3.8) is 0 Å². The van der Waals surface area contributed by atoms with Gasteiger partial charge >= 0.3 is 0 Å². The molecule has 0 aliphatic carbocycles. The number of rotatable bonds is 2. The van der Waals surface area contributed by atoms with Gasteiger partial charge in [-0.15, -0.1) is 0 Å². The summed E-state index contributed by atoms with van der Waals surface area (Å²) in [6, 6.07) is 3.58. The van der Waals surface area contributed by atoms with E-state index in [1.807, 2.05) is 0 Å². The zero-order valence-electron chi connectivity index (χ0n) is 9.00. The minimum atomic E-state index is 0.111. The van der Waals surface area contributed by atoms with Crippen molar-refractivity contribution in [1.29, 1.82) is 0 Å². The number of aromatic hydroxyl groups is 1. The first-order valence-corrected chi connectivity index (χ1v) is 5.89. The van der Waals surface area contributed by atoms with Crippen molar-refractivity contribution in [2.45, 2.75) is 6.04 Å². The Labute approximate surface area is 103 Å². The van der Waals surface area contributed by atoms with E-state index >= 15 is 0 Å². The minimum Gasteiger partial charge on any atom is -0.504 e. The number of phenolic OH excluding ortho intramolecular Hbond substituents is 1. The Balaban J connectivity index is 2.29. The summed E-state index contributed by atoms with van der Waals surface area (Å²) in [5, 5.41) is 13.1. The van der Waals surface area contributed by atoms with Crippen molar-refractivity contribution in [1.82, 2.24) is 5.32 Å². The van der Waals surface area contributed by atoms with E-state index in [9.17, 15) is 5.11 Å². The molecule has 0 saturated carbocycles. The lowest BCUT2D eigenvalue weighted by Gasteiger charge is -2.25. The zero-order chi connectivity index (χ0) is 11.5. The third-order valence-corrected chi connectivity index (χ3v) is 3.28. The summed E-state index contributed by atoms with van der Waals surface area (Å²) in [5.74, 6) is 0.612. The molecule has 88 valence electrons. The summed E-state index contributed by atoms with van der Waals surface area (Å²) in [5.41, 5.74) is 0.984. The first-order chi connectivity index (χ1) is 7.72. The van der Waals surface area contributed by atoms with E-state index in [0.29, 0.717) is 12.4 Å². The molecule has 4 nitrogen and oxygen atoms in total. The number of hydrogen-bond donors (Lipinski definition) is 2. The molecule has 1 fully saturated rings. The predicted molar refractivity (Wildman–Crippen MR) is 63.9 cm³/mol. The smallest absolute Gasteiger partial charge is 0.161 e. The van der Waals surface area contributed by atoms with Gasteiger partial charge < -0.3 is 19.9 Å². The fourth-order valence-corrected chi connectivity index (χ4v) is 2.35. The number of benzene rings is 1. The quantitative estimate of drug-likeness (QED) is 0.871. The molecular formula is C11H14BrNO3. The van der Waals surface area contributed by atoms with Crippen LogP contribution in [-0.4, -0.2) is 32.0 Å². The second-order valence-corrected chi connectivity index (χ2v) is 4.48. The molecule has 1 unspecified atom stereocenters. The van der Waals surface area contributed by atoms with Gasteiger partial charge in [-0.1, -0.05) is 15.9 Å². The topological polar surface area (TPSA) is 50.7 Å². The van der Waals surface area contributed by atoms with Crippen LogP contribution in [0.5, 0.6) is 11.5 Å². The molecule has 2 N–H and O–H groups in total. The monoisotopic (exact) mass is 287 g/mol. The fraction of sp³-hybridized carbons (Fsp3) is 0.455. The van der Waals surface area contributed by atoms with E-state index in [0.717, 1.165) is 23.2 Å². The van der Waals surface area contributed by atoms with Crippen LogP contribution in [0.25, 0.3) is 0 Å². The molecule has 1 aliphatic rings. The molecule has 5 heteroatoms. The zero-order valence-corrected chi connectivity index (χ0v) is 10.6. The normalized spacial score (nSPS) is 20.8. The second kappa shape index (κ2) is 5.03. The van der Waals surface area contributed by atoms with Crippen molar-refractivity contribution in [3.8, 4) is 11.5 Å². The molecule has 0 spiro atoms. The lowest BCUT2D eigenvalue weighted by molar-refractivity contribution is 0.0766. The Hall–Kier alpha value is -0.780. The predicted octanol–water partition coefficient (Wildman–Crippen LogP) is 1.82. The lowest BCUT2D eigenvalue weighted by atomic mass is 10.1. The molecule has 1 aromatic rings. The Bertz CT molecular complexity index is 378. The van der Waals surface area contributed by atoms with Crippen molar-refractivity contribution in [2.75, 3.05) is 26.9 Å². The highest BCUT2D eigenvalue weighted by Gasteiger charge is 2.19. The van der Waals surface area contributed by atoms with E-state index in [-0.39, 0.29) is 11.8 Å². The highest BCUT2D eigenvalue weighted by molar-refractivity contribution is 9.10. The summed E-state index contributed by atoms with van der Waals surface area (Å²) >= 11 is 3.47. The van der Waals surface area contributed by atoms with Crippen LogP contribution in [-0.2, 0) is 4.74 Å². The standard InChI is InChI=1S/C11H14BrNO3/c1-15-11-5-8(12)7(4-10(11)14)9-6-16-3-2-13-9/h4-5,9,13-14H,2-3,6H2,1H3. The van der Waals surface area contributed by atoms with Gasteiger partial charge in [0.1, 0.15) is 0 Å². The number of hydrogen-bond acceptors (Lipinski definition) is 4. The lowest BCUT2D eigenvalue weighted by Crippen LogP contribution is -2.34. The van der Waals surface area contributed by atoms with Crippen LogP contribution < -0.4 is 10.1 Å². The van der Waals surface area contributed by atoms with Gasteiger partial charge in [-0.05, 0) is 17.7 Å². The highest BCUT2D eigenvalue weighted by Crippen LogP contribution is 2.35. The molecule has 2 rings (SSSR count). The van der Waals surface area contributed by atoms with Gasteiger partial charge in [0.05, 0.1) is 26.4 Å². The van der Waals surface area contributed by atoms with Crippen molar-refractivity contribution < 1.29 is 14.6 Å². The van der Waals surface area contributed by atoms with Gasteiger partial charge in [0, 0.05) is 11.0 Å². The number of methoxy groups -OCH3 is 1. The van der Waals surface area contributed by atoms with Crippen LogP contribution >= 0.6 is 15.9 Å². The molecule has 1 aromatic carbocycles. The van der Waals surface area contributed by atoms with E-state index in [1.165, 1.54) is 7.11 Å². The minimum absolute atomic E-state index is 0.111. The second-order valence-electron chi connectivity index (χ2n) is 3.63. The van der Waals surface area contributed by atoms with Gasteiger partial charge in [0.2, 0.25) is 0 Å². The third kappa shape index (κ3) is 2.31. The number of morpholine rings is 1. The first kappa shape index (κ1) is 11.7. The molecule has 0 radical (unpaired) electrons. The van der Waals surface area contributed by atoms with Crippen LogP contribution in [0.3, 0.4) is 0 Å². The third-order valence-electron chi connectivity index (χ3n) is 2.60. The van der Waals surface area contributed by atoms with Crippen LogP contribution in [0.1, 0.15) is 11.6 Å². The van der Waals surface area contributed by atoms with Gasteiger partial charge in [0.15, 0.2) is 11.5 Å². The van der Waals surface area contributed by atoms with Crippen LogP contribution in [0.15, 0.2) is 16.6 Å². The summed E-state index contributed by atoms with van der Waals surface area (Å²) in [4.78, 5) is 0. The average molecular weight is 288 g/mol. The molecule has 1 aliphatic heterocycles. The van der Waals surface area contributed by atoms with Crippen LogP contribution in [0.4, 0.5) is 0 Å². The number of halogens is 1. The molecule has 16 heavy (non-hydrogen) atoms. The van der Waals surface area contributed by atoms with Gasteiger partial charge in [-0.25, -0.2) is 0 Å². The molecule has 0 bridgehead atoms. The number of nitrogens with one attached hydrogen (secondary N) is 1. The maximum absolute atomic E-state index is 9.73. The Morgan fingerprint density at radius 3 is 3.00 bits per heavy atom. The molecule has 1 saturated heterocycles. The average Bonchev–Trinajstić information content (AvgIpc) is 2.32. The Morgan fingerprint density at radius 2 is 2.38 bits per heavy atom. The van der Waals surface area contributed by atoms with E-state index in [2.05, 4.69) is 21.2 Å². The molecule has 1 atom stereocenters. The Morgan fingerprint density at radius 1 is 1.56 bits per heavy atom.